The van der Waals surface area contributed by atoms with Crippen LogP contribution in [0.15, 0.2) is 32.7 Å². The largest absolute Gasteiger partial charge is 0.397 e. The fraction of sp³-hybridized carbons (Fsp3) is 0. The van der Waals surface area contributed by atoms with Gasteiger partial charge in [0, 0.05) is 4.47 Å². The average Bonchev–Trinajstić information content (AvgIpc) is 2.63. The molecule has 0 atom stereocenters. The van der Waals surface area contributed by atoms with E-state index in [-0.39, 0.29) is 5.91 Å². The number of halogens is 2. The first-order valence-corrected chi connectivity index (χ1v) is 6.94. The summed E-state index contributed by atoms with van der Waals surface area (Å²) in [6.07, 6.45) is 1.50. The number of carbonyl (C=O) groups excluding carboxylic acids is 1. The number of carbonyl (C=O) groups is 1. The van der Waals surface area contributed by atoms with Gasteiger partial charge in [0.05, 0.1) is 20.5 Å². The summed E-state index contributed by atoms with van der Waals surface area (Å²) in [6.45, 7) is 0. The second-order valence-electron chi connectivity index (χ2n) is 3.16. The molecular weight excluding hydrogens is 370 g/mol. The summed E-state index contributed by atoms with van der Waals surface area (Å²) in [5.41, 5.74) is 6.07. The monoisotopic (exact) mass is 375 g/mol. The summed E-state index contributed by atoms with van der Waals surface area (Å²) in [4.78, 5) is 16.4. The number of amides is 1. The van der Waals surface area contributed by atoms with Gasteiger partial charge in [-0.05, 0) is 50.1 Å². The van der Waals surface area contributed by atoms with E-state index in [4.69, 9.17) is 5.73 Å². The molecule has 0 fully saturated rings. The summed E-state index contributed by atoms with van der Waals surface area (Å²) in [5, 5.41) is 2.69. The molecule has 0 spiro atoms. The number of aromatic nitrogens is 1. The third-order valence-electron chi connectivity index (χ3n) is 1.90. The number of rotatable bonds is 2. The predicted molar refractivity (Wildman–Crippen MR) is 76.3 cm³/mol. The van der Waals surface area contributed by atoms with Crippen LogP contribution in [0.25, 0.3) is 0 Å². The maximum atomic E-state index is 11.9. The predicted octanol–water partition coefficient (Wildman–Crippen LogP) is 3.50. The van der Waals surface area contributed by atoms with Gasteiger partial charge in [-0.25, -0.2) is 4.98 Å². The lowest BCUT2D eigenvalue weighted by atomic mass is 10.4. The molecule has 2 aromatic heterocycles. The van der Waals surface area contributed by atoms with Gasteiger partial charge >= 0.3 is 0 Å². The van der Waals surface area contributed by atoms with Gasteiger partial charge in [-0.1, -0.05) is 0 Å². The molecule has 2 aromatic rings. The van der Waals surface area contributed by atoms with Gasteiger partial charge in [-0.3, -0.25) is 4.79 Å². The molecule has 0 saturated heterocycles. The smallest absolute Gasteiger partial charge is 0.266 e. The maximum Gasteiger partial charge on any atom is 0.266 e. The lowest BCUT2D eigenvalue weighted by Gasteiger charge is -2.02. The first-order valence-electron chi connectivity index (χ1n) is 4.54. The molecule has 0 aliphatic rings. The topological polar surface area (TPSA) is 68.0 Å². The Hall–Kier alpha value is -0.920. The molecular formula is C10H7Br2N3OS. The minimum Gasteiger partial charge on any atom is -0.397 e. The second kappa shape index (κ2) is 5.16. The van der Waals surface area contributed by atoms with Crippen molar-refractivity contribution in [1.82, 2.24) is 4.98 Å². The van der Waals surface area contributed by atoms with E-state index in [1.807, 2.05) is 0 Å². The number of pyridine rings is 1. The van der Waals surface area contributed by atoms with Gasteiger partial charge in [0.1, 0.15) is 5.82 Å². The van der Waals surface area contributed by atoms with Crippen molar-refractivity contribution in [1.29, 1.82) is 0 Å². The molecule has 1 amide bonds. The van der Waals surface area contributed by atoms with E-state index < -0.39 is 0 Å². The van der Waals surface area contributed by atoms with E-state index in [1.165, 1.54) is 17.5 Å². The van der Waals surface area contributed by atoms with Crippen molar-refractivity contribution >= 4 is 60.6 Å². The Morgan fingerprint density at radius 2 is 2.18 bits per heavy atom. The molecule has 4 nitrogen and oxygen atoms in total. The minimum absolute atomic E-state index is 0.196. The number of hydrogen-bond donors (Lipinski definition) is 2. The SMILES string of the molecule is Nc1ccc(NC(=O)c2cc(Br)c(Br)s2)nc1. The van der Waals surface area contributed by atoms with Gasteiger partial charge in [-0.2, -0.15) is 0 Å². The molecule has 0 radical (unpaired) electrons. The number of nitrogens with zero attached hydrogens (tertiary/aromatic N) is 1. The zero-order chi connectivity index (χ0) is 12.4. The highest BCUT2D eigenvalue weighted by Gasteiger charge is 2.12. The van der Waals surface area contributed by atoms with Gasteiger partial charge < -0.3 is 11.1 Å². The summed E-state index contributed by atoms with van der Waals surface area (Å²) in [5.74, 6) is 0.281. The summed E-state index contributed by atoms with van der Waals surface area (Å²) in [7, 11) is 0. The van der Waals surface area contributed by atoms with Crippen LogP contribution in [0.1, 0.15) is 9.67 Å². The molecule has 0 bridgehead atoms. The zero-order valence-corrected chi connectivity index (χ0v) is 12.4. The third-order valence-corrected chi connectivity index (χ3v) is 5.15. The van der Waals surface area contributed by atoms with Crippen molar-refractivity contribution in [2.24, 2.45) is 0 Å². The quantitative estimate of drug-likeness (QED) is 0.842. The minimum atomic E-state index is -0.196. The highest BCUT2D eigenvalue weighted by Crippen LogP contribution is 2.32. The van der Waals surface area contributed by atoms with E-state index in [0.717, 1.165) is 8.26 Å². The molecule has 0 saturated carbocycles. The van der Waals surface area contributed by atoms with E-state index in [9.17, 15) is 4.79 Å². The highest BCUT2D eigenvalue weighted by atomic mass is 79.9. The first-order chi connectivity index (χ1) is 8.06. The first kappa shape index (κ1) is 12.5. The molecule has 17 heavy (non-hydrogen) atoms. The number of nitrogen functional groups attached to an aromatic ring is 1. The Kier molecular flexibility index (Phi) is 3.80. The van der Waals surface area contributed by atoms with E-state index in [2.05, 4.69) is 42.2 Å². The Labute approximate surface area is 118 Å². The Bertz CT molecular complexity index is 534. The summed E-state index contributed by atoms with van der Waals surface area (Å²) in [6, 6.07) is 5.09. The van der Waals surface area contributed by atoms with Crippen LogP contribution in [0.2, 0.25) is 0 Å². The van der Waals surface area contributed by atoms with Crippen LogP contribution in [0.3, 0.4) is 0 Å². The molecule has 88 valence electrons. The molecule has 2 heterocycles. The van der Waals surface area contributed by atoms with Crippen LogP contribution in [0.4, 0.5) is 11.5 Å². The van der Waals surface area contributed by atoms with Crippen LogP contribution < -0.4 is 11.1 Å². The highest BCUT2D eigenvalue weighted by molar-refractivity contribution is 9.13. The zero-order valence-electron chi connectivity index (χ0n) is 8.41. The van der Waals surface area contributed by atoms with Crippen molar-refractivity contribution in [3.8, 4) is 0 Å². The molecule has 3 N–H and O–H groups in total. The molecule has 7 heteroatoms. The van der Waals surface area contributed by atoms with Gasteiger partial charge in [0.25, 0.3) is 5.91 Å². The van der Waals surface area contributed by atoms with Crippen LogP contribution >= 0.6 is 43.2 Å². The molecule has 0 unspecified atom stereocenters. The third kappa shape index (κ3) is 3.05. The fourth-order valence-corrected chi connectivity index (χ4v) is 3.05. The molecule has 2 rings (SSSR count). The Balaban J connectivity index is 2.14. The Morgan fingerprint density at radius 3 is 2.71 bits per heavy atom. The van der Waals surface area contributed by atoms with Gasteiger partial charge in [-0.15, -0.1) is 11.3 Å². The number of thiophene rings is 1. The molecule has 0 aliphatic carbocycles. The van der Waals surface area contributed by atoms with Crippen molar-refractivity contribution in [3.05, 3.63) is 37.5 Å². The normalized spacial score (nSPS) is 10.2. The lowest BCUT2D eigenvalue weighted by Crippen LogP contribution is -2.11. The van der Waals surface area contributed by atoms with Gasteiger partial charge in [0.15, 0.2) is 0 Å². The van der Waals surface area contributed by atoms with Crippen molar-refractivity contribution in [2.45, 2.75) is 0 Å². The summed E-state index contributed by atoms with van der Waals surface area (Å²) >= 11 is 8.02. The number of hydrogen-bond acceptors (Lipinski definition) is 4. The van der Waals surface area contributed by atoms with Crippen molar-refractivity contribution < 1.29 is 4.79 Å². The van der Waals surface area contributed by atoms with Crippen LogP contribution in [0.5, 0.6) is 0 Å². The molecule has 0 aromatic carbocycles. The standard InChI is InChI=1S/C10H7Br2N3OS/c11-6-3-7(17-9(6)12)10(16)15-8-2-1-5(13)4-14-8/h1-4H,13H2,(H,14,15,16). The van der Waals surface area contributed by atoms with E-state index >= 15 is 0 Å². The van der Waals surface area contributed by atoms with Crippen molar-refractivity contribution in [3.63, 3.8) is 0 Å². The number of anilines is 2. The number of nitrogens with two attached hydrogens (primary N) is 1. The molecule has 0 aliphatic heterocycles. The number of nitrogens with one attached hydrogen (secondary N) is 1. The van der Waals surface area contributed by atoms with E-state index in [0.29, 0.717) is 16.4 Å². The lowest BCUT2D eigenvalue weighted by molar-refractivity contribution is 0.103. The average molecular weight is 377 g/mol. The van der Waals surface area contributed by atoms with Crippen LogP contribution in [0, 0.1) is 0 Å². The van der Waals surface area contributed by atoms with Crippen LogP contribution in [-0.4, -0.2) is 10.9 Å². The Morgan fingerprint density at radius 1 is 1.41 bits per heavy atom. The maximum absolute atomic E-state index is 11.9. The van der Waals surface area contributed by atoms with Crippen molar-refractivity contribution in [2.75, 3.05) is 11.1 Å². The van der Waals surface area contributed by atoms with Gasteiger partial charge in [0.2, 0.25) is 0 Å². The fourth-order valence-electron chi connectivity index (χ4n) is 1.12. The summed E-state index contributed by atoms with van der Waals surface area (Å²) < 4.78 is 1.74. The van der Waals surface area contributed by atoms with Crippen LogP contribution in [-0.2, 0) is 0 Å². The second-order valence-corrected chi connectivity index (χ2v) is 6.39. The van der Waals surface area contributed by atoms with E-state index in [1.54, 1.807) is 18.2 Å².